The second kappa shape index (κ2) is 6.99. The molecule has 2 unspecified atom stereocenters. The summed E-state index contributed by atoms with van der Waals surface area (Å²) in [7, 11) is 0. The van der Waals surface area contributed by atoms with Crippen LogP contribution in [0.5, 0.6) is 0 Å². The van der Waals surface area contributed by atoms with Crippen molar-refractivity contribution >= 4 is 11.6 Å². The molecule has 1 aliphatic carbocycles. The van der Waals surface area contributed by atoms with Crippen molar-refractivity contribution in [1.29, 1.82) is 0 Å². The lowest BCUT2D eigenvalue weighted by molar-refractivity contribution is -0.119. The van der Waals surface area contributed by atoms with Gasteiger partial charge < -0.3 is 15.1 Å². The molecule has 4 nitrogen and oxygen atoms in total. The molecule has 2 saturated heterocycles. The van der Waals surface area contributed by atoms with Crippen molar-refractivity contribution < 1.29 is 4.79 Å². The summed E-state index contributed by atoms with van der Waals surface area (Å²) in [6.07, 6.45) is 7.67. The Labute approximate surface area is 151 Å². The summed E-state index contributed by atoms with van der Waals surface area (Å²) < 4.78 is 0. The fraction of sp³-hybridized carbons (Fsp3) is 0.667. The molecule has 2 atom stereocenters. The number of hydrogen-bond donors (Lipinski definition) is 1. The van der Waals surface area contributed by atoms with Crippen LogP contribution in [-0.2, 0) is 4.79 Å². The number of nitrogens with zero attached hydrogens (tertiary/aromatic N) is 2. The molecule has 0 radical (unpaired) electrons. The van der Waals surface area contributed by atoms with Crippen LogP contribution in [0.25, 0.3) is 0 Å². The van der Waals surface area contributed by atoms with E-state index < -0.39 is 0 Å². The predicted octanol–water partition coefficient (Wildman–Crippen LogP) is 3.24. The summed E-state index contributed by atoms with van der Waals surface area (Å²) in [5.41, 5.74) is 0.989. The molecule has 1 aromatic rings. The van der Waals surface area contributed by atoms with E-state index in [1.807, 2.05) is 6.07 Å². The van der Waals surface area contributed by atoms with Gasteiger partial charge in [-0.1, -0.05) is 44.4 Å². The average molecular weight is 341 g/mol. The molecular weight excluding hydrogens is 310 g/mol. The monoisotopic (exact) mass is 341 g/mol. The lowest BCUT2D eigenvalue weighted by Crippen LogP contribution is -2.59. The quantitative estimate of drug-likeness (QED) is 0.917. The molecule has 2 aliphatic heterocycles. The van der Waals surface area contributed by atoms with Gasteiger partial charge in [0.1, 0.15) is 5.66 Å². The normalized spacial score (nSPS) is 29.8. The minimum atomic E-state index is -0.173. The van der Waals surface area contributed by atoms with Crippen LogP contribution in [-0.4, -0.2) is 42.6 Å². The zero-order chi connectivity index (χ0) is 17.3. The molecule has 25 heavy (non-hydrogen) atoms. The molecule has 1 saturated carbocycles. The Hall–Kier alpha value is -1.55. The first kappa shape index (κ1) is 16.9. The van der Waals surface area contributed by atoms with Gasteiger partial charge in [-0.25, -0.2) is 0 Å². The van der Waals surface area contributed by atoms with Crippen molar-refractivity contribution in [3.63, 3.8) is 0 Å². The number of anilines is 1. The first-order valence-corrected chi connectivity index (χ1v) is 10.0. The van der Waals surface area contributed by atoms with Crippen molar-refractivity contribution in [2.45, 2.75) is 51.1 Å². The first-order valence-electron chi connectivity index (χ1n) is 10.0. The maximum Gasteiger partial charge on any atom is 0.241 e. The topological polar surface area (TPSA) is 35.6 Å². The second-order valence-corrected chi connectivity index (χ2v) is 8.32. The predicted molar refractivity (Wildman–Crippen MR) is 101 cm³/mol. The molecule has 0 bridgehead atoms. The number of carbonyl (C=O) groups is 1. The average Bonchev–Trinajstić information content (AvgIpc) is 2.96. The molecule has 4 heteroatoms. The van der Waals surface area contributed by atoms with Gasteiger partial charge >= 0.3 is 0 Å². The van der Waals surface area contributed by atoms with Crippen molar-refractivity contribution in [3.05, 3.63) is 30.3 Å². The van der Waals surface area contributed by atoms with E-state index in [1.165, 1.54) is 32.2 Å². The number of likely N-dealkylation sites (tertiary alicyclic amines) is 1. The minimum Gasteiger partial charge on any atom is -0.339 e. The third kappa shape index (κ3) is 3.41. The molecule has 0 aromatic heterocycles. The summed E-state index contributed by atoms with van der Waals surface area (Å²) in [5, 5.41) is 3.31. The SMILES string of the molecule is CC1CCCCC1CN1CCC2(CC1)NC(=O)CN2c1ccccc1. The lowest BCUT2D eigenvalue weighted by atomic mass is 9.80. The molecular formula is C21H31N3O. The maximum atomic E-state index is 12.2. The van der Waals surface area contributed by atoms with Gasteiger partial charge in [0.05, 0.1) is 6.54 Å². The van der Waals surface area contributed by atoms with Crippen molar-refractivity contribution in [2.24, 2.45) is 11.8 Å². The van der Waals surface area contributed by atoms with Crippen molar-refractivity contribution in [3.8, 4) is 0 Å². The van der Waals surface area contributed by atoms with Gasteiger partial charge in [0.15, 0.2) is 0 Å². The minimum absolute atomic E-state index is 0.165. The Morgan fingerprint density at radius 3 is 2.56 bits per heavy atom. The van der Waals surface area contributed by atoms with E-state index in [2.05, 4.69) is 46.3 Å². The van der Waals surface area contributed by atoms with Crippen LogP contribution in [0, 0.1) is 11.8 Å². The summed E-state index contributed by atoms with van der Waals surface area (Å²) in [6.45, 7) is 6.35. The van der Waals surface area contributed by atoms with E-state index in [0.717, 1.165) is 43.5 Å². The molecule has 136 valence electrons. The number of para-hydroxylation sites is 1. The number of nitrogens with one attached hydrogen (secondary N) is 1. The zero-order valence-electron chi connectivity index (χ0n) is 15.4. The molecule has 1 N–H and O–H groups in total. The highest BCUT2D eigenvalue weighted by Crippen LogP contribution is 2.36. The highest BCUT2D eigenvalue weighted by molar-refractivity contribution is 5.86. The molecule has 1 aromatic carbocycles. The summed E-state index contributed by atoms with van der Waals surface area (Å²) in [4.78, 5) is 17.1. The van der Waals surface area contributed by atoms with E-state index in [9.17, 15) is 4.79 Å². The van der Waals surface area contributed by atoms with E-state index in [4.69, 9.17) is 0 Å². The van der Waals surface area contributed by atoms with Gasteiger partial charge in [-0.15, -0.1) is 0 Å². The fourth-order valence-corrected chi connectivity index (χ4v) is 5.10. The highest BCUT2D eigenvalue weighted by atomic mass is 16.2. The third-order valence-corrected chi connectivity index (χ3v) is 6.72. The Morgan fingerprint density at radius 1 is 1.12 bits per heavy atom. The van der Waals surface area contributed by atoms with E-state index in [1.54, 1.807) is 0 Å². The molecule has 4 rings (SSSR count). The smallest absolute Gasteiger partial charge is 0.241 e. The number of piperidine rings is 1. The largest absolute Gasteiger partial charge is 0.339 e. The van der Waals surface area contributed by atoms with Gasteiger partial charge in [-0.05, 0) is 30.4 Å². The number of rotatable bonds is 3. The van der Waals surface area contributed by atoms with Crippen molar-refractivity contribution in [1.82, 2.24) is 10.2 Å². The summed E-state index contributed by atoms with van der Waals surface area (Å²) in [5.74, 6) is 1.90. The van der Waals surface area contributed by atoms with Crippen LogP contribution < -0.4 is 10.2 Å². The maximum absolute atomic E-state index is 12.2. The van der Waals surface area contributed by atoms with Gasteiger partial charge in [0.25, 0.3) is 0 Å². The Morgan fingerprint density at radius 2 is 1.84 bits per heavy atom. The molecule has 3 aliphatic rings. The van der Waals surface area contributed by atoms with Crippen LogP contribution in [0.15, 0.2) is 30.3 Å². The molecule has 2 heterocycles. The number of benzene rings is 1. The van der Waals surface area contributed by atoms with Crippen LogP contribution in [0.4, 0.5) is 5.69 Å². The van der Waals surface area contributed by atoms with E-state index in [0.29, 0.717) is 6.54 Å². The number of amides is 1. The Balaban J connectivity index is 1.41. The Bertz CT molecular complexity index is 594. The van der Waals surface area contributed by atoms with Crippen LogP contribution in [0.3, 0.4) is 0 Å². The molecule has 3 fully saturated rings. The zero-order valence-corrected chi connectivity index (χ0v) is 15.4. The lowest BCUT2D eigenvalue weighted by Gasteiger charge is -2.46. The number of carbonyl (C=O) groups excluding carboxylic acids is 1. The van der Waals surface area contributed by atoms with E-state index in [-0.39, 0.29) is 11.6 Å². The highest BCUT2D eigenvalue weighted by Gasteiger charge is 2.46. The second-order valence-electron chi connectivity index (χ2n) is 8.32. The van der Waals surface area contributed by atoms with Gasteiger partial charge in [-0.2, -0.15) is 0 Å². The van der Waals surface area contributed by atoms with E-state index >= 15 is 0 Å². The van der Waals surface area contributed by atoms with Gasteiger partial charge in [0.2, 0.25) is 5.91 Å². The van der Waals surface area contributed by atoms with Gasteiger partial charge in [0, 0.05) is 38.2 Å². The standard InChI is InChI=1S/C21H31N3O/c1-17-7-5-6-8-18(17)15-23-13-11-21(12-14-23)22-20(25)16-24(21)19-9-3-2-4-10-19/h2-4,9-10,17-18H,5-8,11-16H2,1H3,(H,22,25). The number of hydrogen-bond acceptors (Lipinski definition) is 3. The van der Waals surface area contributed by atoms with Crippen LogP contribution in [0.2, 0.25) is 0 Å². The fourth-order valence-electron chi connectivity index (χ4n) is 5.10. The van der Waals surface area contributed by atoms with Crippen LogP contribution >= 0.6 is 0 Å². The molecule has 1 spiro atoms. The Kier molecular flexibility index (Phi) is 4.72. The summed E-state index contributed by atoms with van der Waals surface area (Å²) >= 11 is 0. The van der Waals surface area contributed by atoms with Crippen molar-refractivity contribution in [2.75, 3.05) is 31.1 Å². The van der Waals surface area contributed by atoms with Gasteiger partial charge in [-0.3, -0.25) is 4.79 Å². The van der Waals surface area contributed by atoms with Crippen LogP contribution in [0.1, 0.15) is 45.4 Å². The molecule has 1 amide bonds. The summed E-state index contributed by atoms with van der Waals surface area (Å²) in [6, 6.07) is 10.4. The first-order chi connectivity index (χ1) is 12.2. The third-order valence-electron chi connectivity index (χ3n) is 6.72.